The van der Waals surface area contributed by atoms with Crippen molar-refractivity contribution < 1.29 is 0 Å². The fourth-order valence-electron chi connectivity index (χ4n) is 2.29. The normalized spacial score (nSPS) is 10.9. The Hall–Kier alpha value is -1.35. The Morgan fingerprint density at radius 2 is 1.35 bits per heavy atom. The molecule has 0 unspecified atom stereocenters. The molecule has 3 heteroatoms. The van der Waals surface area contributed by atoms with Gasteiger partial charge in [-0.25, -0.2) is 4.98 Å². The molecule has 1 heterocycles. The number of anilines is 1. The van der Waals surface area contributed by atoms with Crippen LogP contribution in [0.5, 0.6) is 0 Å². The van der Waals surface area contributed by atoms with Crippen molar-refractivity contribution in [3.63, 3.8) is 0 Å². The Balaban J connectivity index is 2.78. The van der Waals surface area contributed by atoms with Crippen molar-refractivity contribution in [2.24, 2.45) is 0 Å². The first kappa shape index (κ1) is 12.1. The van der Waals surface area contributed by atoms with Crippen LogP contribution in [0.2, 0.25) is 0 Å². The first-order valence-electron chi connectivity index (χ1n) is 5.71. The van der Waals surface area contributed by atoms with Crippen molar-refractivity contribution in [3.05, 3.63) is 33.2 Å². The number of nitrogens with zero attached hydrogens (tertiary/aromatic N) is 1. The number of rotatable bonds is 1. The predicted octanol–water partition coefficient (Wildman–Crippen LogP) is 3.93. The van der Waals surface area contributed by atoms with E-state index in [-0.39, 0.29) is 0 Å². The maximum Gasteiger partial charge on any atom is 0.180 e. The zero-order valence-corrected chi connectivity index (χ0v) is 11.8. The summed E-state index contributed by atoms with van der Waals surface area (Å²) in [5.74, 6) is 0. The standard InChI is InChI=1S/C14H18N2S/c1-7-8(2)10(4)13(11(5)9(7)3)12-6-17-14(15)16-12/h6H,1-5H3,(H2,15,16). The predicted molar refractivity (Wildman–Crippen MR) is 75.6 cm³/mol. The summed E-state index contributed by atoms with van der Waals surface area (Å²) in [4.78, 5) is 4.41. The van der Waals surface area contributed by atoms with Crippen LogP contribution < -0.4 is 5.73 Å². The lowest BCUT2D eigenvalue weighted by Crippen LogP contribution is -1.99. The molecule has 2 rings (SSSR count). The van der Waals surface area contributed by atoms with E-state index in [0.29, 0.717) is 5.13 Å². The van der Waals surface area contributed by atoms with Gasteiger partial charge in [0, 0.05) is 10.9 Å². The van der Waals surface area contributed by atoms with E-state index in [4.69, 9.17) is 5.73 Å². The van der Waals surface area contributed by atoms with Gasteiger partial charge in [0.1, 0.15) is 0 Å². The monoisotopic (exact) mass is 246 g/mol. The van der Waals surface area contributed by atoms with Crippen LogP contribution in [0.15, 0.2) is 5.38 Å². The minimum Gasteiger partial charge on any atom is -0.375 e. The van der Waals surface area contributed by atoms with Crippen LogP contribution >= 0.6 is 11.3 Å². The van der Waals surface area contributed by atoms with E-state index in [2.05, 4.69) is 39.6 Å². The molecular weight excluding hydrogens is 228 g/mol. The first-order valence-corrected chi connectivity index (χ1v) is 6.59. The van der Waals surface area contributed by atoms with E-state index in [1.54, 1.807) is 0 Å². The van der Waals surface area contributed by atoms with Gasteiger partial charge in [-0.1, -0.05) is 0 Å². The van der Waals surface area contributed by atoms with Crippen LogP contribution in [0.4, 0.5) is 5.13 Å². The van der Waals surface area contributed by atoms with Crippen LogP contribution in [0.1, 0.15) is 27.8 Å². The van der Waals surface area contributed by atoms with Crippen LogP contribution in [0.3, 0.4) is 0 Å². The molecule has 0 aliphatic heterocycles. The van der Waals surface area contributed by atoms with Crippen LogP contribution in [0, 0.1) is 34.6 Å². The quantitative estimate of drug-likeness (QED) is 0.828. The summed E-state index contributed by atoms with van der Waals surface area (Å²) in [6, 6.07) is 0. The molecule has 1 aromatic heterocycles. The Morgan fingerprint density at radius 3 is 1.76 bits per heavy atom. The average Bonchev–Trinajstić information content (AvgIpc) is 2.71. The van der Waals surface area contributed by atoms with Gasteiger partial charge in [0.15, 0.2) is 5.13 Å². The van der Waals surface area contributed by atoms with Gasteiger partial charge in [-0.2, -0.15) is 0 Å². The maximum absolute atomic E-state index is 5.73. The lowest BCUT2D eigenvalue weighted by Gasteiger charge is -2.17. The second-order valence-corrected chi connectivity index (χ2v) is 5.46. The van der Waals surface area contributed by atoms with Crippen molar-refractivity contribution in [1.29, 1.82) is 0 Å². The molecule has 0 atom stereocenters. The van der Waals surface area contributed by atoms with Crippen LogP contribution in [-0.2, 0) is 0 Å². The van der Waals surface area contributed by atoms with Crippen molar-refractivity contribution >= 4 is 16.5 Å². The summed E-state index contributed by atoms with van der Waals surface area (Å²) in [7, 11) is 0. The number of nitrogens with two attached hydrogens (primary N) is 1. The lowest BCUT2D eigenvalue weighted by molar-refractivity contribution is 1.17. The van der Waals surface area contributed by atoms with Gasteiger partial charge in [-0.3, -0.25) is 0 Å². The highest BCUT2D eigenvalue weighted by Gasteiger charge is 2.15. The Bertz CT molecular complexity index is 553. The van der Waals surface area contributed by atoms with Gasteiger partial charge in [0.2, 0.25) is 0 Å². The summed E-state index contributed by atoms with van der Waals surface area (Å²) >= 11 is 1.50. The second-order valence-electron chi connectivity index (χ2n) is 4.57. The molecule has 90 valence electrons. The van der Waals surface area contributed by atoms with E-state index in [0.717, 1.165) is 5.69 Å². The summed E-state index contributed by atoms with van der Waals surface area (Å²) in [6.45, 7) is 10.9. The number of thiazole rings is 1. The fraction of sp³-hybridized carbons (Fsp3) is 0.357. The zero-order chi connectivity index (χ0) is 12.7. The molecule has 17 heavy (non-hydrogen) atoms. The van der Waals surface area contributed by atoms with Gasteiger partial charge in [0.05, 0.1) is 5.69 Å². The Morgan fingerprint density at radius 1 is 0.882 bits per heavy atom. The van der Waals surface area contributed by atoms with Gasteiger partial charge in [0.25, 0.3) is 0 Å². The molecule has 0 aliphatic carbocycles. The maximum atomic E-state index is 5.73. The Kier molecular flexibility index (Phi) is 2.96. The molecule has 0 aliphatic rings. The molecule has 0 saturated carbocycles. The summed E-state index contributed by atoms with van der Waals surface area (Å²) < 4.78 is 0. The van der Waals surface area contributed by atoms with E-state index in [1.165, 1.54) is 44.7 Å². The summed E-state index contributed by atoms with van der Waals surface area (Å²) in [5.41, 5.74) is 14.7. The topological polar surface area (TPSA) is 38.9 Å². The minimum absolute atomic E-state index is 0.634. The van der Waals surface area contributed by atoms with Crippen molar-refractivity contribution in [1.82, 2.24) is 4.98 Å². The average molecular weight is 246 g/mol. The molecule has 0 amide bonds. The van der Waals surface area contributed by atoms with E-state index in [9.17, 15) is 0 Å². The lowest BCUT2D eigenvalue weighted by atomic mass is 9.88. The Labute approximate surface area is 107 Å². The SMILES string of the molecule is Cc1c(C)c(C)c(-c2csc(N)n2)c(C)c1C. The highest BCUT2D eigenvalue weighted by Crippen LogP contribution is 2.34. The molecule has 0 radical (unpaired) electrons. The number of aromatic nitrogens is 1. The number of benzene rings is 1. The molecule has 0 fully saturated rings. The van der Waals surface area contributed by atoms with Crippen molar-refractivity contribution in [3.8, 4) is 11.3 Å². The molecule has 0 spiro atoms. The third-order valence-electron chi connectivity index (χ3n) is 3.78. The number of hydrogen-bond donors (Lipinski definition) is 1. The third-order valence-corrected chi connectivity index (χ3v) is 4.45. The molecule has 0 bridgehead atoms. The molecule has 2 N–H and O–H groups in total. The van der Waals surface area contributed by atoms with Crippen LogP contribution in [0.25, 0.3) is 11.3 Å². The van der Waals surface area contributed by atoms with E-state index in [1.807, 2.05) is 5.38 Å². The van der Waals surface area contributed by atoms with Gasteiger partial charge < -0.3 is 5.73 Å². The van der Waals surface area contributed by atoms with Gasteiger partial charge >= 0.3 is 0 Å². The van der Waals surface area contributed by atoms with Crippen molar-refractivity contribution in [2.45, 2.75) is 34.6 Å². The number of nitrogen functional groups attached to an aromatic ring is 1. The fourth-order valence-corrected chi connectivity index (χ4v) is 2.84. The van der Waals surface area contributed by atoms with E-state index < -0.39 is 0 Å². The summed E-state index contributed by atoms with van der Waals surface area (Å²) in [5, 5.41) is 2.67. The minimum atomic E-state index is 0.634. The zero-order valence-electron chi connectivity index (χ0n) is 11.0. The molecule has 1 aromatic carbocycles. The van der Waals surface area contributed by atoms with Crippen LogP contribution in [-0.4, -0.2) is 4.98 Å². The highest BCUT2D eigenvalue weighted by atomic mass is 32.1. The molecule has 0 saturated heterocycles. The van der Waals surface area contributed by atoms with Crippen molar-refractivity contribution in [2.75, 3.05) is 5.73 Å². The second kappa shape index (κ2) is 4.15. The summed E-state index contributed by atoms with van der Waals surface area (Å²) in [6.07, 6.45) is 0. The van der Waals surface area contributed by atoms with Gasteiger partial charge in [-0.15, -0.1) is 11.3 Å². The van der Waals surface area contributed by atoms with E-state index >= 15 is 0 Å². The van der Waals surface area contributed by atoms with Gasteiger partial charge in [-0.05, 0) is 62.4 Å². The number of hydrogen-bond acceptors (Lipinski definition) is 3. The molecule has 2 aromatic rings. The highest BCUT2D eigenvalue weighted by molar-refractivity contribution is 7.13. The molecule has 2 nitrogen and oxygen atoms in total. The molecular formula is C14H18N2S. The smallest absolute Gasteiger partial charge is 0.180 e. The largest absolute Gasteiger partial charge is 0.375 e. The third kappa shape index (κ3) is 1.84. The first-order chi connectivity index (χ1) is 7.93.